The molecule has 0 bridgehead atoms. The van der Waals surface area contributed by atoms with Crippen LogP contribution in [-0.2, 0) is 47.5 Å². The number of aromatic nitrogens is 4. The molecule has 338 valence electrons. The van der Waals surface area contributed by atoms with Crippen molar-refractivity contribution in [3.8, 4) is 22.9 Å². The Kier molecular flexibility index (Phi) is 18.9. The third-order valence-corrected chi connectivity index (χ3v) is 13.5. The number of carbonyl (C=O) groups excluding carboxylic acids is 2. The second-order valence-electron chi connectivity index (χ2n) is 13.9. The van der Waals surface area contributed by atoms with Crippen LogP contribution in [0.1, 0.15) is 31.8 Å². The molecule has 1 aliphatic rings. The molecule has 5 aromatic carbocycles. The third kappa shape index (κ3) is 12.0. The molecule has 2 aromatic heterocycles. The number of carbonyl (C=O) groups is 2. The predicted octanol–water partition coefficient (Wildman–Crippen LogP) is -8.85. The summed E-state index contributed by atoms with van der Waals surface area (Å²) in [5.74, 6) is -1.92. The van der Waals surface area contributed by atoms with E-state index in [2.05, 4.69) is 25.3 Å². The van der Waals surface area contributed by atoms with Gasteiger partial charge in [0.1, 0.15) is 46.2 Å². The maximum atomic E-state index is 14.5. The Labute approximate surface area is 489 Å². The van der Waals surface area contributed by atoms with Crippen molar-refractivity contribution in [2.75, 3.05) is 5.32 Å². The van der Waals surface area contributed by atoms with Crippen LogP contribution in [0.3, 0.4) is 0 Å². The monoisotopic (exact) mass is 1080 g/mol. The first kappa shape index (κ1) is 59.6. The number of aryl methyl sites for hydroxylation is 1. The van der Waals surface area contributed by atoms with Gasteiger partial charge in [-0.05, 0) is 77.8 Å². The zero-order chi connectivity index (χ0) is 47.8. The van der Waals surface area contributed by atoms with Crippen molar-refractivity contribution in [3.05, 3.63) is 141 Å². The molecular weight excluding hydrogens is 1060 g/mol. The Morgan fingerprint density at radius 1 is 0.686 bits per heavy atom. The van der Waals surface area contributed by atoms with Crippen molar-refractivity contribution in [2.45, 2.75) is 19.6 Å². The number of aromatic amines is 1. The fourth-order valence-electron chi connectivity index (χ4n) is 7.06. The van der Waals surface area contributed by atoms with E-state index in [1.165, 1.54) is 43.4 Å². The van der Waals surface area contributed by atoms with Crippen LogP contribution in [0, 0.1) is 0 Å². The molecule has 0 fully saturated rings. The Morgan fingerprint density at radius 3 is 1.90 bits per heavy atom. The van der Waals surface area contributed by atoms with E-state index in [1.807, 2.05) is 0 Å². The summed E-state index contributed by atoms with van der Waals surface area (Å²) in [6.45, 7) is 0. The molecule has 0 atom stereocenters. The van der Waals surface area contributed by atoms with E-state index in [-0.39, 0.29) is 174 Å². The van der Waals surface area contributed by atoms with Gasteiger partial charge in [0.25, 0.3) is 5.56 Å². The molecule has 0 saturated heterocycles. The van der Waals surface area contributed by atoms with E-state index in [0.29, 0.717) is 6.07 Å². The number of anilines is 2. The number of benzene rings is 5. The Bertz CT molecular complexity index is 3940. The molecule has 70 heavy (non-hydrogen) atoms. The SMILES string of the molecule is Cn1c(=O)c(C(=O)c2cccc(S(=O)(=O)[O-])c2)c2c3c(c(Nc4cc(N=c5nc(Cl)nc(Oc6ccc(S(=O)(=O)[O-])cc6)[nH]5)c(S(=O)(=O)[O-])cc4S(=O)(=O)[O-])ccc31)C(=O)c1ccccc1-2.[Na+].[Na+].[Na+].[Na+]. The van der Waals surface area contributed by atoms with Gasteiger partial charge < -0.3 is 32.8 Å². The second kappa shape index (κ2) is 22.2. The zero-order valence-electron chi connectivity index (χ0n) is 36.6. The van der Waals surface area contributed by atoms with Crippen molar-refractivity contribution in [2.24, 2.45) is 12.0 Å². The van der Waals surface area contributed by atoms with Gasteiger partial charge in [-0.15, -0.1) is 0 Å². The Hall–Kier alpha value is -3.01. The zero-order valence-corrected chi connectivity index (χ0v) is 48.6. The Balaban J connectivity index is 0.00000266. The van der Waals surface area contributed by atoms with E-state index < -0.39 is 111 Å². The molecule has 7 aromatic rings. The molecule has 1 aliphatic carbocycles. The maximum Gasteiger partial charge on any atom is 1.00 e. The van der Waals surface area contributed by atoms with Gasteiger partial charge in [-0.2, -0.15) is 9.97 Å². The van der Waals surface area contributed by atoms with E-state index in [0.717, 1.165) is 53.1 Å². The predicted molar refractivity (Wildman–Crippen MR) is 223 cm³/mol. The van der Waals surface area contributed by atoms with Crippen LogP contribution >= 0.6 is 11.6 Å². The summed E-state index contributed by atoms with van der Waals surface area (Å²) in [6, 6.07) is 16.6. The minimum atomic E-state index is -5.71. The second-order valence-corrected chi connectivity index (χ2v) is 19.7. The molecule has 0 spiro atoms. The van der Waals surface area contributed by atoms with E-state index in [4.69, 9.17) is 16.3 Å². The molecule has 2 heterocycles. The molecule has 8 rings (SSSR count). The van der Waals surface area contributed by atoms with Crippen LogP contribution in [0.2, 0.25) is 5.28 Å². The van der Waals surface area contributed by atoms with Crippen LogP contribution in [0.15, 0.2) is 126 Å². The van der Waals surface area contributed by atoms with Crippen LogP contribution in [-0.4, -0.2) is 83.0 Å². The summed E-state index contributed by atoms with van der Waals surface area (Å²) >= 11 is 6.05. The first-order valence-electron chi connectivity index (χ1n) is 18.0. The van der Waals surface area contributed by atoms with Gasteiger partial charge >= 0.3 is 124 Å². The van der Waals surface area contributed by atoms with Gasteiger partial charge in [-0.3, -0.25) is 19.4 Å². The molecular formula is C39H21ClN6Na4O16S4. The number of pyridine rings is 1. The van der Waals surface area contributed by atoms with Crippen molar-refractivity contribution in [1.29, 1.82) is 0 Å². The number of rotatable bonds is 11. The fourth-order valence-corrected chi connectivity index (χ4v) is 9.54. The molecule has 22 nitrogen and oxygen atoms in total. The Morgan fingerprint density at radius 2 is 1.30 bits per heavy atom. The van der Waals surface area contributed by atoms with Crippen LogP contribution < -0.4 is 139 Å². The minimum Gasteiger partial charge on any atom is -0.744 e. The molecule has 31 heteroatoms. The number of fused-ring (bicyclic) bond motifs is 2. The van der Waals surface area contributed by atoms with Gasteiger partial charge in [0.2, 0.25) is 10.9 Å². The van der Waals surface area contributed by atoms with Crippen molar-refractivity contribution >= 4 is 91.6 Å². The summed E-state index contributed by atoms with van der Waals surface area (Å²) in [5.41, 5.74) is -4.81. The van der Waals surface area contributed by atoms with Gasteiger partial charge in [-0.1, -0.05) is 36.4 Å². The topological polar surface area (TPSA) is 360 Å². The first-order valence-corrected chi connectivity index (χ1v) is 24.1. The fraction of sp³-hybridized carbons (Fsp3) is 0.0256. The number of hydrogen-bond acceptors (Lipinski definition) is 20. The molecule has 0 saturated carbocycles. The number of ether oxygens (including phenoxy) is 1. The average molecular weight is 1090 g/mol. The summed E-state index contributed by atoms with van der Waals surface area (Å²) in [6.07, 6.45) is 0. The smallest absolute Gasteiger partial charge is 0.744 e. The molecule has 0 unspecified atom stereocenters. The summed E-state index contributed by atoms with van der Waals surface area (Å²) in [5, 5.41) is 1.96. The van der Waals surface area contributed by atoms with Crippen molar-refractivity contribution in [3.63, 3.8) is 0 Å². The summed E-state index contributed by atoms with van der Waals surface area (Å²) in [4.78, 5) is 52.9. The van der Waals surface area contributed by atoms with Gasteiger partial charge in [-0.25, -0.2) is 38.7 Å². The normalized spacial score (nSPS) is 12.4. The summed E-state index contributed by atoms with van der Waals surface area (Å²) < 4.78 is 152. The number of hydrogen-bond donors (Lipinski definition) is 2. The molecule has 0 radical (unpaired) electrons. The third-order valence-electron chi connectivity index (χ3n) is 9.88. The first-order chi connectivity index (χ1) is 30.8. The van der Waals surface area contributed by atoms with Gasteiger partial charge in [0, 0.05) is 29.1 Å². The van der Waals surface area contributed by atoms with Gasteiger partial charge in [0.15, 0.2) is 11.6 Å². The number of halogens is 1. The molecule has 2 N–H and O–H groups in total. The maximum absolute atomic E-state index is 14.5. The van der Waals surface area contributed by atoms with E-state index in [9.17, 15) is 66.3 Å². The molecule has 0 amide bonds. The largest absolute Gasteiger partial charge is 1.00 e. The number of H-pyrrole nitrogens is 1. The van der Waals surface area contributed by atoms with Crippen LogP contribution in [0.5, 0.6) is 11.8 Å². The standard InChI is InChI=1S/C39H25ClN6O16S4.4Na/c1-46-27-14-13-24(31-32(27)30(22-7-2-3-8-23(22)35(31)48)33(36(46)49)34(47)18-5-4-6-21(15-18)64(53,54)55)41-25-16-26(29(66(59,60)61)17-28(25)65(56,57)58)42-38-43-37(40)44-39(45-38)62-19-9-11-20(12-10-19)63(50,51)52;;;;/h2-17,41H,1H3,(H,50,51,52)(H,53,54,55)(H,56,57,58)(H,59,60,61)(H,42,43,44,45);;;;/q;4*+1/p-4. The van der Waals surface area contributed by atoms with E-state index >= 15 is 0 Å². The average Bonchev–Trinajstić information content (AvgIpc) is 3.22. The van der Waals surface area contributed by atoms with Crippen LogP contribution in [0.25, 0.3) is 22.0 Å². The van der Waals surface area contributed by atoms with Crippen molar-refractivity contribution in [1.82, 2.24) is 19.5 Å². The minimum absolute atomic E-state index is 0. The van der Waals surface area contributed by atoms with Crippen LogP contribution in [0.4, 0.5) is 17.1 Å². The number of nitrogens with zero attached hydrogens (tertiary/aromatic N) is 4. The number of ketones is 2. The van der Waals surface area contributed by atoms with Gasteiger partial charge in [0.05, 0.1) is 53.3 Å². The van der Waals surface area contributed by atoms with Crippen molar-refractivity contribution < 1.29 is 184 Å². The quantitative estimate of drug-likeness (QED) is 0.0690. The van der Waals surface area contributed by atoms with E-state index in [1.54, 1.807) is 0 Å². The number of nitrogens with one attached hydrogen (secondary N) is 2. The summed E-state index contributed by atoms with van der Waals surface area (Å²) in [7, 11) is -20.0. The molecule has 0 aliphatic heterocycles.